The van der Waals surface area contributed by atoms with Crippen molar-refractivity contribution in [2.45, 2.75) is 25.7 Å². The number of amides is 1. The fraction of sp³-hybridized carbons (Fsp3) is 0.179. The molecule has 5 rings (SSSR count). The molecule has 1 aliphatic rings. The van der Waals surface area contributed by atoms with Crippen molar-refractivity contribution in [3.8, 4) is 11.3 Å². The van der Waals surface area contributed by atoms with Gasteiger partial charge in [-0.15, -0.1) is 0 Å². The maximum absolute atomic E-state index is 14.0. The monoisotopic (exact) mass is 488 g/mol. The van der Waals surface area contributed by atoms with E-state index in [4.69, 9.17) is 9.15 Å². The Morgan fingerprint density at radius 3 is 2.14 bits per heavy atom. The molecule has 0 unspecified atom stereocenters. The summed E-state index contributed by atoms with van der Waals surface area (Å²) in [6, 6.07) is 18.9. The number of aromatic nitrogens is 1. The maximum Gasteiger partial charge on any atom is 0.306 e. The molecule has 0 radical (unpaired) electrons. The van der Waals surface area contributed by atoms with Crippen molar-refractivity contribution in [1.82, 2.24) is 4.98 Å². The Balaban J connectivity index is 1.23. The van der Waals surface area contributed by atoms with Crippen LogP contribution in [0, 0.1) is 11.6 Å². The maximum atomic E-state index is 14.0. The van der Waals surface area contributed by atoms with Crippen LogP contribution in [0.4, 0.5) is 20.2 Å². The first kappa shape index (κ1) is 23.4. The number of hydrogen-bond donors (Lipinski definition) is 0. The number of esters is 1. The summed E-state index contributed by atoms with van der Waals surface area (Å²) in [5, 5.41) is 0. The average Bonchev–Trinajstić information content (AvgIpc) is 3.27. The molecule has 0 N–H and O–H groups in total. The molecule has 0 spiro atoms. The van der Waals surface area contributed by atoms with Crippen LogP contribution in [0.25, 0.3) is 11.3 Å². The van der Waals surface area contributed by atoms with Crippen LogP contribution in [0.2, 0.25) is 0 Å². The van der Waals surface area contributed by atoms with Gasteiger partial charge in [0.25, 0.3) is 5.91 Å². The van der Waals surface area contributed by atoms with E-state index in [1.54, 1.807) is 4.90 Å². The number of halogens is 2. The van der Waals surface area contributed by atoms with Crippen molar-refractivity contribution in [1.29, 1.82) is 0 Å². The molecule has 1 aliphatic heterocycles. The van der Waals surface area contributed by atoms with E-state index in [9.17, 15) is 18.4 Å². The predicted molar refractivity (Wildman–Crippen MR) is 129 cm³/mol. The number of hydrogen-bond acceptors (Lipinski definition) is 5. The number of nitrogens with zero attached hydrogens (tertiary/aromatic N) is 2. The number of ether oxygens (including phenoxy) is 1. The summed E-state index contributed by atoms with van der Waals surface area (Å²) in [4.78, 5) is 31.2. The summed E-state index contributed by atoms with van der Waals surface area (Å²) < 4.78 is 38.6. The van der Waals surface area contributed by atoms with E-state index in [0.717, 1.165) is 47.5 Å². The van der Waals surface area contributed by atoms with Gasteiger partial charge in [0.05, 0.1) is 29.6 Å². The third-order valence-corrected chi connectivity index (χ3v) is 6.04. The first-order valence-corrected chi connectivity index (χ1v) is 11.5. The lowest BCUT2D eigenvalue weighted by Gasteiger charge is -2.24. The Morgan fingerprint density at radius 1 is 0.889 bits per heavy atom. The minimum atomic E-state index is -0.771. The molecule has 0 saturated heterocycles. The van der Waals surface area contributed by atoms with E-state index in [-0.39, 0.29) is 36.0 Å². The normalized spacial score (nSPS) is 12.4. The number of carbonyl (C=O) groups excluding carboxylic acids is 2. The van der Waals surface area contributed by atoms with Gasteiger partial charge in [0.1, 0.15) is 11.6 Å². The lowest BCUT2D eigenvalue weighted by atomic mass is 10.0. The molecule has 1 amide bonds. The fourth-order valence-corrected chi connectivity index (χ4v) is 4.31. The summed E-state index contributed by atoms with van der Waals surface area (Å²) >= 11 is 0. The molecule has 4 aromatic rings. The topological polar surface area (TPSA) is 72.6 Å². The van der Waals surface area contributed by atoms with E-state index in [0.29, 0.717) is 0 Å². The second-order valence-corrected chi connectivity index (χ2v) is 8.36. The molecular weight excluding hydrogens is 466 g/mol. The molecule has 6 nitrogen and oxygen atoms in total. The molecule has 182 valence electrons. The molecule has 8 heteroatoms. The van der Waals surface area contributed by atoms with Crippen molar-refractivity contribution in [3.63, 3.8) is 0 Å². The van der Waals surface area contributed by atoms with Crippen molar-refractivity contribution < 1.29 is 27.5 Å². The zero-order valence-electron chi connectivity index (χ0n) is 19.2. The highest BCUT2D eigenvalue weighted by molar-refractivity contribution is 6.03. The molecule has 0 aliphatic carbocycles. The lowest BCUT2D eigenvalue weighted by molar-refractivity contribution is -0.147. The molecule has 0 saturated carbocycles. The van der Waals surface area contributed by atoms with Gasteiger partial charge >= 0.3 is 5.97 Å². The minimum Gasteiger partial charge on any atom is -0.456 e. The minimum absolute atomic E-state index is 0.0540. The third-order valence-electron chi connectivity index (χ3n) is 6.04. The van der Waals surface area contributed by atoms with Crippen molar-refractivity contribution in [3.05, 3.63) is 102 Å². The number of benzene rings is 3. The summed E-state index contributed by atoms with van der Waals surface area (Å²) in [5.74, 6) is -2.45. The Bertz CT molecular complexity index is 1360. The van der Waals surface area contributed by atoms with E-state index >= 15 is 0 Å². The average molecular weight is 488 g/mol. The highest BCUT2D eigenvalue weighted by Gasteiger charge is 2.26. The van der Waals surface area contributed by atoms with Gasteiger partial charge in [0.15, 0.2) is 18.3 Å². The van der Waals surface area contributed by atoms with Crippen LogP contribution in [0.1, 0.15) is 23.4 Å². The summed E-state index contributed by atoms with van der Waals surface area (Å²) in [7, 11) is 0. The number of carbonyl (C=O) groups is 2. The first-order valence-electron chi connectivity index (χ1n) is 11.5. The second-order valence-electron chi connectivity index (χ2n) is 8.36. The SMILES string of the molecule is O=C(CCc1ncc(-c2c(F)cccc2F)o1)OCC(=O)N1c2ccccc2CCc2ccccc21. The van der Waals surface area contributed by atoms with Gasteiger partial charge in [0, 0.05) is 6.42 Å². The Hall–Kier alpha value is -4.33. The van der Waals surface area contributed by atoms with Gasteiger partial charge in [0.2, 0.25) is 0 Å². The van der Waals surface area contributed by atoms with Crippen molar-refractivity contribution in [2.24, 2.45) is 0 Å². The molecule has 0 fully saturated rings. The Kier molecular flexibility index (Phi) is 6.58. The number of oxazole rings is 1. The summed E-state index contributed by atoms with van der Waals surface area (Å²) in [5.41, 5.74) is 3.31. The van der Waals surface area contributed by atoms with Crippen LogP contribution in [-0.2, 0) is 33.6 Å². The van der Waals surface area contributed by atoms with E-state index in [1.807, 2.05) is 48.5 Å². The van der Waals surface area contributed by atoms with Crippen LogP contribution in [0.3, 0.4) is 0 Å². The number of para-hydroxylation sites is 2. The Labute approximate surface area is 206 Å². The third kappa shape index (κ3) is 4.75. The van der Waals surface area contributed by atoms with Crippen LogP contribution < -0.4 is 4.90 Å². The van der Waals surface area contributed by atoms with Crippen LogP contribution in [0.5, 0.6) is 0 Å². The van der Waals surface area contributed by atoms with Crippen LogP contribution in [0.15, 0.2) is 77.3 Å². The number of aryl methyl sites for hydroxylation is 3. The van der Waals surface area contributed by atoms with E-state index in [1.165, 1.54) is 12.3 Å². The van der Waals surface area contributed by atoms with E-state index < -0.39 is 24.2 Å². The zero-order chi connectivity index (χ0) is 25.1. The molecule has 3 aromatic carbocycles. The number of rotatable bonds is 6. The van der Waals surface area contributed by atoms with Gasteiger partial charge in [-0.1, -0.05) is 42.5 Å². The quantitative estimate of drug-likeness (QED) is 0.332. The highest BCUT2D eigenvalue weighted by atomic mass is 19.1. The number of fused-ring (bicyclic) bond motifs is 2. The fourth-order valence-electron chi connectivity index (χ4n) is 4.31. The second kappa shape index (κ2) is 10.1. The van der Waals surface area contributed by atoms with Crippen LogP contribution >= 0.6 is 0 Å². The molecule has 0 atom stereocenters. The largest absolute Gasteiger partial charge is 0.456 e. The first-order chi connectivity index (χ1) is 17.5. The smallest absolute Gasteiger partial charge is 0.306 e. The lowest BCUT2D eigenvalue weighted by Crippen LogP contribution is -2.31. The Morgan fingerprint density at radius 2 is 1.50 bits per heavy atom. The highest BCUT2D eigenvalue weighted by Crippen LogP contribution is 2.36. The van der Waals surface area contributed by atoms with Crippen LogP contribution in [-0.4, -0.2) is 23.5 Å². The predicted octanol–water partition coefficient (Wildman–Crippen LogP) is 5.56. The summed E-state index contributed by atoms with van der Waals surface area (Å²) in [6.07, 6.45) is 2.75. The molecule has 1 aromatic heterocycles. The van der Waals surface area contributed by atoms with E-state index in [2.05, 4.69) is 4.98 Å². The standard InChI is InChI=1S/C28H22F2N2O4/c29-20-8-5-9-21(30)28(20)24-16-31-25(36-24)14-15-27(34)35-17-26(33)32-22-10-3-1-6-18(22)12-13-19-7-2-4-11-23(19)32/h1-11,16H,12-15,17H2. The van der Waals surface area contributed by atoms with Gasteiger partial charge < -0.3 is 9.15 Å². The van der Waals surface area contributed by atoms with Crippen molar-refractivity contribution >= 4 is 23.3 Å². The molecular formula is C28H22F2N2O4. The van der Waals surface area contributed by atoms with Gasteiger partial charge in [-0.25, -0.2) is 13.8 Å². The molecule has 0 bridgehead atoms. The zero-order valence-corrected chi connectivity index (χ0v) is 19.2. The molecule has 36 heavy (non-hydrogen) atoms. The van der Waals surface area contributed by atoms with Gasteiger partial charge in [-0.3, -0.25) is 14.5 Å². The molecule has 2 heterocycles. The van der Waals surface area contributed by atoms with Gasteiger partial charge in [-0.05, 0) is 48.2 Å². The van der Waals surface area contributed by atoms with Gasteiger partial charge in [-0.2, -0.15) is 0 Å². The summed E-state index contributed by atoms with van der Waals surface area (Å²) in [6.45, 7) is -0.432. The number of anilines is 2. The van der Waals surface area contributed by atoms with Crippen molar-refractivity contribution in [2.75, 3.05) is 11.5 Å².